The molecular weight excluding hydrogens is 172 g/mol. The first-order valence-electron chi connectivity index (χ1n) is 2.11. The Kier molecular flexibility index (Phi) is 4.65. The maximum atomic E-state index is 10.2. The normalized spacial score (nSPS) is 9.75. The second kappa shape index (κ2) is 4.84. The van der Waals surface area contributed by atoms with Gasteiger partial charge in [-0.2, -0.15) is 0 Å². The minimum atomic E-state index is -0.315. The number of hydrogen-bond donors (Lipinski definition) is 0. The molecule has 0 aromatic rings. The summed E-state index contributed by atoms with van der Waals surface area (Å²) in [6.45, 7) is 0. The topological polar surface area (TPSA) is 26.3 Å². The molecule has 0 aliphatic carbocycles. The van der Waals surface area contributed by atoms with Gasteiger partial charge in [-0.1, -0.05) is 22.0 Å². The molecule has 46 valence electrons. The summed E-state index contributed by atoms with van der Waals surface area (Å²) < 4.78 is 4.31. The molecule has 0 unspecified atom stereocenters. The van der Waals surface area contributed by atoms with Crippen LogP contribution < -0.4 is 0 Å². The quantitative estimate of drug-likeness (QED) is 0.360. The minimum absolute atomic E-state index is 0.315. The number of esters is 1. The molecule has 0 N–H and O–H groups in total. The number of methoxy groups -OCH3 is 1. The lowest BCUT2D eigenvalue weighted by atomic mass is 10.5. The van der Waals surface area contributed by atoms with Crippen LogP contribution in [0.5, 0.6) is 0 Å². The zero-order valence-electron chi connectivity index (χ0n) is 4.56. The van der Waals surface area contributed by atoms with Gasteiger partial charge in [0.15, 0.2) is 0 Å². The molecule has 0 amide bonds. The first kappa shape index (κ1) is 7.69. The molecule has 0 aliphatic heterocycles. The number of halogens is 1. The van der Waals surface area contributed by atoms with E-state index >= 15 is 0 Å². The van der Waals surface area contributed by atoms with Crippen molar-refractivity contribution >= 4 is 21.9 Å². The Labute approximate surface area is 56.7 Å². The summed E-state index contributed by atoms with van der Waals surface area (Å²) in [4.78, 5) is 10.2. The molecule has 0 saturated heterocycles. The van der Waals surface area contributed by atoms with Crippen LogP contribution in [0.3, 0.4) is 0 Å². The van der Waals surface area contributed by atoms with Crippen molar-refractivity contribution in [1.82, 2.24) is 0 Å². The van der Waals surface area contributed by atoms with Crippen molar-refractivity contribution in [2.45, 2.75) is 0 Å². The molecule has 0 spiro atoms. The van der Waals surface area contributed by atoms with Crippen molar-refractivity contribution in [2.24, 2.45) is 0 Å². The molecule has 0 aliphatic rings. The number of rotatable bonds is 2. The van der Waals surface area contributed by atoms with E-state index in [4.69, 9.17) is 0 Å². The Morgan fingerprint density at radius 3 is 2.88 bits per heavy atom. The van der Waals surface area contributed by atoms with Crippen LogP contribution in [0.15, 0.2) is 12.2 Å². The van der Waals surface area contributed by atoms with Crippen LogP contribution in [-0.4, -0.2) is 18.4 Å². The number of allylic oxidation sites excluding steroid dienone is 1. The minimum Gasteiger partial charge on any atom is -0.466 e. The van der Waals surface area contributed by atoms with Gasteiger partial charge in [-0.3, -0.25) is 0 Å². The highest BCUT2D eigenvalue weighted by Gasteiger charge is 1.86. The van der Waals surface area contributed by atoms with Gasteiger partial charge >= 0.3 is 5.97 Å². The third kappa shape index (κ3) is 3.87. The van der Waals surface area contributed by atoms with E-state index in [0.29, 0.717) is 5.33 Å². The summed E-state index contributed by atoms with van der Waals surface area (Å²) in [6.07, 6.45) is 3.04. The third-order valence-electron chi connectivity index (χ3n) is 0.544. The lowest BCUT2D eigenvalue weighted by Gasteiger charge is -1.85. The van der Waals surface area contributed by atoms with Crippen LogP contribution >= 0.6 is 15.9 Å². The summed E-state index contributed by atoms with van der Waals surface area (Å²) in [7, 11) is 1.35. The van der Waals surface area contributed by atoms with Crippen molar-refractivity contribution < 1.29 is 9.53 Å². The Balaban J connectivity index is 3.37. The highest BCUT2D eigenvalue weighted by Crippen LogP contribution is 1.82. The standard InChI is InChI=1S/C5H7BrO2/c1-8-5(7)3-2-4-6/h2-3H,4H2,1H3/b3-2-. The average Bonchev–Trinajstić information content (AvgIpc) is 1.83. The van der Waals surface area contributed by atoms with E-state index in [2.05, 4.69) is 20.7 Å². The molecule has 0 aromatic heterocycles. The zero-order valence-corrected chi connectivity index (χ0v) is 6.14. The molecular formula is C5H7BrO2. The Morgan fingerprint density at radius 2 is 2.50 bits per heavy atom. The van der Waals surface area contributed by atoms with Gasteiger partial charge in [0.1, 0.15) is 0 Å². The number of alkyl halides is 1. The lowest BCUT2D eigenvalue weighted by Crippen LogP contribution is -1.93. The van der Waals surface area contributed by atoms with Gasteiger partial charge < -0.3 is 4.74 Å². The van der Waals surface area contributed by atoms with Gasteiger partial charge in [0, 0.05) is 11.4 Å². The van der Waals surface area contributed by atoms with E-state index in [1.165, 1.54) is 13.2 Å². The van der Waals surface area contributed by atoms with Gasteiger partial charge in [-0.15, -0.1) is 0 Å². The van der Waals surface area contributed by atoms with Crippen LogP contribution in [0.1, 0.15) is 0 Å². The summed E-state index contributed by atoms with van der Waals surface area (Å²) in [5.41, 5.74) is 0. The maximum Gasteiger partial charge on any atom is 0.330 e. The fraction of sp³-hybridized carbons (Fsp3) is 0.400. The fourth-order valence-corrected chi connectivity index (χ4v) is 0.396. The van der Waals surface area contributed by atoms with E-state index < -0.39 is 0 Å². The van der Waals surface area contributed by atoms with Crippen LogP contribution in [0.4, 0.5) is 0 Å². The van der Waals surface area contributed by atoms with Crippen molar-refractivity contribution in [2.75, 3.05) is 12.4 Å². The smallest absolute Gasteiger partial charge is 0.330 e. The maximum absolute atomic E-state index is 10.2. The molecule has 3 heteroatoms. The zero-order chi connectivity index (χ0) is 6.41. The van der Waals surface area contributed by atoms with E-state index in [-0.39, 0.29) is 5.97 Å². The average molecular weight is 179 g/mol. The number of hydrogen-bond acceptors (Lipinski definition) is 2. The lowest BCUT2D eigenvalue weighted by molar-refractivity contribution is -0.134. The van der Waals surface area contributed by atoms with Crippen molar-refractivity contribution in [3.05, 3.63) is 12.2 Å². The van der Waals surface area contributed by atoms with Gasteiger partial charge in [0.2, 0.25) is 0 Å². The SMILES string of the molecule is COC(=O)/C=C\CBr. The van der Waals surface area contributed by atoms with Gasteiger partial charge in [0.05, 0.1) is 7.11 Å². The summed E-state index contributed by atoms with van der Waals surface area (Å²) in [6, 6.07) is 0. The second-order valence-electron chi connectivity index (χ2n) is 1.08. The van der Waals surface area contributed by atoms with Crippen molar-refractivity contribution in [3.63, 3.8) is 0 Å². The first-order valence-corrected chi connectivity index (χ1v) is 3.24. The van der Waals surface area contributed by atoms with Gasteiger partial charge in [0.25, 0.3) is 0 Å². The van der Waals surface area contributed by atoms with E-state index in [9.17, 15) is 4.79 Å². The molecule has 0 heterocycles. The predicted octanol–water partition coefficient (Wildman–Crippen LogP) is 1.11. The Morgan fingerprint density at radius 1 is 1.88 bits per heavy atom. The summed E-state index contributed by atoms with van der Waals surface area (Å²) in [5.74, 6) is -0.315. The van der Waals surface area contributed by atoms with E-state index in [1.54, 1.807) is 6.08 Å². The molecule has 0 aromatic carbocycles. The molecule has 0 rings (SSSR count). The van der Waals surface area contributed by atoms with Crippen LogP contribution in [0.2, 0.25) is 0 Å². The highest BCUT2D eigenvalue weighted by atomic mass is 79.9. The summed E-state index contributed by atoms with van der Waals surface area (Å²) in [5, 5.41) is 0.683. The Bertz CT molecular complexity index is 98.6. The molecule has 2 nitrogen and oxygen atoms in total. The second-order valence-corrected chi connectivity index (χ2v) is 1.73. The predicted molar refractivity (Wildman–Crippen MR) is 34.9 cm³/mol. The molecule has 0 fully saturated rings. The van der Waals surface area contributed by atoms with Gasteiger partial charge in [-0.05, 0) is 0 Å². The van der Waals surface area contributed by atoms with Gasteiger partial charge in [-0.25, -0.2) is 4.79 Å². The Hall–Kier alpha value is -0.310. The number of carbonyl (C=O) groups excluding carboxylic acids is 1. The fourth-order valence-electron chi connectivity index (χ4n) is 0.209. The first-order chi connectivity index (χ1) is 3.81. The molecule has 0 bridgehead atoms. The highest BCUT2D eigenvalue weighted by molar-refractivity contribution is 9.09. The monoisotopic (exact) mass is 178 g/mol. The third-order valence-corrected chi connectivity index (χ3v) is 0.918. The number of ether oxygens (including phenoxy) is 1. The van der Waals surface area contributed by atoms with Crippen molar-refractivity contribution in [1.29, 1.82) is 0 Å². The summed E-state index contributed by atoms with van der Waals surface area (Å²) >= 11 is 3.11. The molecule has 0 radical (unpaired) electrons. The van der Waals surface area contributed by atoms with Crippen LogP contribution in [-0.2, 0) is 9.53 Å². The van der Waals surface area contributed by atoms with E-state index in [0.717, 1.165) is 0 Å². The molecule has 0 atom stereocenters. The molecule has 8 heavy (non-hydrogen) atoms. The largest absolute Gasteiger partial charge is 0.466 e. The van der Waals surface area contributed by atoms with Crippen LogP contribution in [0, 0.1) is 0 Å². The van der Waals surface area contributed by atoms with Crippen LogP contribution in [0.25, 0.3) is 0 Å². The molecule has 0 saturated carbocycles. The number of carbonyl (C=O) groups is 1. The van der Waals surface area contributed by atoms with E-state index in [1.807, 2.05) is 0 Å². The van der Waals surface area contributed by atoms with Crippen molar-refractivity contribution in [3.8, 4) is 0 Å².